The van der Waals surface area contributed by atoms with Gasteiger partial charge in [0, 0.05) is 5.56 Å². The molecule has 0 atom stereocenters. The van der Waals surface area contributed by atoms with Crippen LogP contribution in [0.4, 0.5) is 5.69 Å². The van der Waals surface area contributed by atoms with Crippen LogP contribution in [0.5, 0.6) is 0 Å². The highest BCUT2D eigenvalue weighted by Crippen LogP contribution is 2.13. The minimum atomic E-state index is -0.136. The third kappa shape index (κ3) is 3.58. The lowest BCUT2D eigenvalue weighted by atomic mass is 10.1. The van der Waals surface area contributed by atoms with Gasteiger partial charge in [-0.15, -0.1) is 0 Å². The highest BCUT2D eigenvalue weighted by molar-refractivity contribution is 5.95. The quantitative estimate of drug-likeness (QED) is 0.824. The third-order valence-electron chi connectivity index (χ3n) is 2.82. The molecule has 0 unspecified atom stereocenters. The number of rotatable bonds is 3. The van der Waals surface area contributed by atoms with Crippen LogP contribution >= 0.6 is 0 Å². The molecule has 2 aromatic carbocycles. The second-order valence-electron chi connectivity index (χ2n) is 4.82. The summed E-state index contributed by atoms with van der Waals surface area (Å²) in [6.45, 7) is 6.02. The molecule has 2 rings (SSSR count). The topological polar surface area (TPSA) is 41.1 Å². The number of hydrogen-bond donors (Lipinski definition) is 2. The van der Waals surface area contributed by atoms with E-state index in [1.165, 1.54) is 0 Å². The molecule has 2 N–H and O–H groups in total. The summed E-state index contributed by atoms with van der Waals surface area (Å²) >= 11 is 0. The molecule has 0 aliphatic rings. The van der Waals surface area contributed by atoms with Crippen molar-refractivity contribution in [2.45, 2.75) is 20.8 Å². The first-order valence-corrected chi connectivity index (χ1v) is 6.26. The highest BCUT2D eigenvalue weighted by atomic mass is 16.2. The van der Waals surface area contributed by atoms with Gasteiger partial charge in [0.1, 0.15) is 0 Å². The van der Waals surface area contributed by atoms with Crippen LogP contribution in [0, 0.1) is 20.8 Å². The summed E-state index contributed by atoms with van der Waals surface area (Å²) in [5, 5.41) is 0. The van der Waals surface area contributed by atoms with Crippen molar-refractivity contribution in [1.82, 2.24) is 5.43 Å². The maximum atomic E-state index is 12.0. The van der Waals surface area contributed by atoms with E-state index in [4.69, 9.17) is 0 Å². The first-order chi connectivity index (χ1) is 9.04. The number of benzene rings is 2. The molecule has 0 saturated heterocycles. The minimum Gasteiger partial charge on any atom is -0.298 e. The SMILES string of the molecule is Cc1cc(C)cc(NNC(=O)c2cccc(C)c2)c1. The zero-order valence-electron chi connectivity index (χ0n) is 11.4. The molecule has 3 heteroatoms. The summed E-state index contributed by atoms with van der Waals surface area (Å²) in [4.78, 5) is 12.0. The molecule has 0 bridgehead atoms. The Morgan fingerprint density at radius 1 is 0.895 bits per heavy atom. The van der Waals surface area contributed by atoms with E-state index in [1.54, 1.807) is 6.07 Å². The lowest BCUT2D eigenvalue weighted by molar-refractivity contribution is 0.0962. The van der Waals surface area contributed by atoms with E-state index in [-0.39, 0.29) is 5.91 Å². The molecule has 98 valence electrons. The van der Waals surface area contributed by atoms with E-state index in [0.717, 1.165) is 22.4 Å². The molecular weight excluding hydrogens is 236 g/mol. The van der Waals surface area contributed by atoms with Crippen LogP contribution in [0.25, 0.3) is 0 Å². The summed E-state index contributed by atoms with van der Waals surface area (Å²) in [5.74, 6) is -0.136. The molecule has 0 radical (unpaired) electrons. The Morgan fingerprint density at radius 3 is 2.21 bits per heavy atom. The van der Waals surface area contributed by atoms with Crippen molar-refractivity contribution in [3.63, 3.8) is 0 Å². The van der Waals surface area contributed by atoms with E-state index in [2.05, 4.69) is 16.9 Å². The molecule has 3 nitrogen and oxygen atoms in total. The lowest BCUT2D eigenvalue weighted by Gasteiger charge is -2.10. The van der Waals surface area contributed by atoms with Gasteiger partial charge in [-0.05, 0) is 56.2 Å². The maximum absolute atomic E-state index is 12.0. The minimum absolute atomic E-state index is 0.136. The monoisotopic (exact) mass is 254 g/mol. The number of amides is 1. The number of carbonyl (C=O) groups is 1. The summed E-state index contributed by atoms with van der Waals surface area (Å²) < 4.78 is 0. The zero-order valence-corrected chi connectivity index (χ0v) is 11.4. The Morgan fingerprint density at radius 2 is 1.58 bits per heavy atom. The number of hydrogen-bond acceptors (Lipinski definition) is 2. The van der Waals surface area contributed by atoms with Crippen LogP contribution in [0.15, 0.2) is 42.5 Å². The number of carbonyl (C=O) groups excluding carboxylic acids is 1. The van der Waals surface area contributed by atoms with Crippen molar-refractivity contribution in [2.24, 2.45) is 0 Å². The van der Waals surface area contributed by atoms with Gasteiger partial charge in [-0.25, -0.2) is 0 Å². The number of aryl methyl sites for hydroxylation is 3. The van der Waals surface area contributed by atoms with Crippen LogP contribution in [-0.4, -0.2) is 5.91 Å². The molecule has 0 spiro atoms. The average molecular weight is 254 g/mol. The fourth-order valence-corrected chi connectivity index (χ4v) is 2.03. The van der Waals surface area contributed by atoms with Crippen LogP contribution in [0.1, 0.15) is 27.0 Å². The van der Waals surface area contributed by atoms with Gasteiger partial charge in [0.25, 0.3) is 5.91 Å². The molecule has 0 aromatic heterocycles. The summed E-state index contributed by atoms with van der Waals surface area (Å²) in [5.41, 5.74) is 10.6. The van der Waals surface area contributed by atoms with Crippen LogP contribution in [-0.2, 0) is 0 Å². The lowest BCUT2D eigenvalue weighted by Crippen LogP contribution is -2.29. The van der Waals surface area contributed by atoms with Crippen molar-refractivity contribution >= 4 is 11.6 Å². The third-order valence-corrected chi connectivity index (χ3v) is 2.82. The van der Waals surface area contributed by atoms with Gasteiger partial charge in [-0.3, -0.25) is 15.6 Å². The molecular formula is C16H18N2O. The predicted octanol–water partition coefficient (Wildman–Crippen LogP) is 3.37. The Kier molecular flexibility index (Phi) is 3.85. The normalized spacial score (nSPS) is 10.1. The van der Waals surface area contributed by atoms with E-state index in [9.17, 15) is 4.79 Å². The van der Waals surface area contributed by atoms with E-state index < -0.39 is 0 Å². The Labute approximate surface area is 113 Å². The Hall–Kier alpha value is -2.29. The van der Waals surface area contributed by atoms with E-state index in [0.29, 0.717) is 5.56 Å². The van der Waals surface area contributed by atoms with Gasteiger partial charge in [-0.2, -0.15) is 0 Å². The van der Waals surface area contributed by atoms with Gasteiger partial charge >= 0.3 is 0 Å². The number of nitrogens with one attached hydrogen (secondary N) is 2. The van der Waals surface area contributed by atoms with Crippen molar-refractivity contribution in [3.05, 3.63) is 64.7 Å². The van der Waals surface area contributed by atoms with Crippen LogP contribution in [0.2, 0.25) is 0 Å². The van der Waals surface area contributed by atoms with Gasteiger partial charge in [0.2, 0.25) is 0 Å². The van der Waals surface area contributed by atoms with Gasteiger partial charge < -0.3 is 0 Å². The van der Waals surface area contributed by atoms with E-state index >= 15 is 0 Å². The smallest absolute Gasteiger partial charge is 0.269 e. The Balaban J connectivity index is 2.04. The molecule has 0 fully saturated rings. The fraction of sp³-hybridized carbons (Fsp3) is 0.188. The zero-order chi connectivity index (χ0) is 13.8. The second kappa shape index (κ2) is 5.57. The first kappa shape index (κ1) is 13.1. The molecule has 0 aliphatic heterocycles. The standard InChI is InChI=1S/C16H18N2O/c1-11-5-4-6-14(8-11)16(19)18-17-15-9-12(2)7-13(3)10-15/h4-10,17H,1-3H3,(H,18,19). The molecule has 2 aromatic rings. The van der Waals surface area contributed by atoms with Crippen molar-refractivity contribution in [3.8, 4) is 0 Å². The molecule has 0 aliphatic carbocycles. The average Bonchev–Trinajstić information content (AvgIpc) is 2.35. The van der Waals surface area contributed by atoms with Gasteiger partial charge in [0.05, 0.1) is 5.69 Å². The second-order valence-corrected chi connectivity index (χ2v) is 4.82. The van der Waals surface area contributed by atoms with Crippen molar-refractivity contribution < 1.29 is 4.79 Å². The summed E-state index contributed by atoms with van der Waals surface area (Å²) in [7, 11) is 0. The van der Waals surface area contributed by atoms with Crippen molar-refractivity contribution in [1.29, 1.82) is 0 Å². The van der Waals surface area contributed by atoms with Crippen LogP contribution < -0.4 is 10.9 Å². The van der Waals surface area contributed by atoms with E-state index in [1.807, 2.05) is 51.1 Å². The first-order valence-electron chi connectivity index (χ1n) is 6.26. The Bertz CT molecular complexity index is 585. The largest absolute Gasteiger partial charge is 0.298 e. The summed E-state index contributed by atoms with van der Waals surface area (Å²) in [6, 6.07) is 13.6. The van der Waals surface area contributed by atoms with Gasteiger partial charge in [-0.1, -0.05) is 23.8 Å². The van der Waals surface area contributed by atoms with Crippen LogP contribution in [0.3, 0.4) is 0 Å². The number of hydrazine groups is 1. The van der Waals surface area contributed by atoms with Crippen molar-refractivity contribution in [2.75, 3.05) is 5.43 Å². The highest BCUT2D eigenvalue weighted by Gasteiger charge is 2.04. The molecule has 19 heavy (non-hydrogen) atoms. The summed E-state index contributed by atoms with van der Waals surface area (Å²) in [6.07, 6.45) is 0. The fourth-order valence-electron chi connectivity index (χ4n) is 2.03. The molecule has 1 amide bonds. The molecule has 0 saturated carbocycles. The predicted molar refractivity (Wildman–Crippen MR) is 78.2 cm³/mol. The molecule has 0 heterocycles. The number of anilines is 1. The van der Waals surface area contributed by atoms with Gasteiger partial charge in [0.15, 0.2) is 0 Å². The maximum Gasteiger partial charge on any atom is 0.269 e.